The van der Waals surface area contributed by atoms with Crippen LogP contribution in [0.15, 0.2) is 54.6 Å². The lowest BCUT2D eigenvalue weighted by Gasteiger charge is -2.35. The minimum Gasteiger partial charge on any atom is -0.493 e. The average Bonchev–Trinajstić information content (AvgIpc) is 2.70. The fourth-order valence-electron chi connectivity index (χ4n) is 3.22. The smallest absolute Gasteiger partial charge is 0.227 e. The number of piperazine rings is 1. The molecule has 2 aromatic rings. The van der Waals surface area contributed by atoms with Gasteiger partial charge in [0.1, 0.15) is 5.75 Å². The van der Waals surface area contributed by atoms with Crippen molar-refractivity contribution in [2.24, 2.45) is 0 Å². The third-order valence-corrected chi connectivity index (χ3v) is 4.92. The van der Waals surface area contributed by atoms with Gasteiger partial charge in [0.15, 0.2) is 0 Å². The van der Waals surface area contributed by atoms with Crippen molar-refractivity contribution in [2.75, 3.05) is 32.8 Å². The van der Waals surface area contributed by atoms with E-state index in [-0.39, 0.29) is 11.8 Å². The summed E-state index contributed by atoms with van der Waals surface area (Å²) in [6, 6.07) is 17.5. The SMILES string of the molecule is Cc1ccccc1CC(=O)N1CCN(C(=O)CCOc2ccccc2)CC1. The summed E-state index contributed by atoms with van der Waals surface area (Å²) in [5, 5.41) is 0. The Hall–Kier alpha value is -2.82. The van der Waals surface area contributed by atoms with Crippen LogP contribution in [-0.2, 0) is 16.0 Å². The van der Waals surface area contributed by atoms with Crippen LogP contribution >= 0.6 is 0 Å². The van der Waals surface area contributed by atoms with Crippen LogP contribution < -0.4 is 4.74 Å². The molecule has 5 nitrogen and oxygen atoms in total. The summed E-state index contributed by atoms with van der Waals surface area (Å²) in [7, 11) is 0. The number of benzene rings is 2. The Kier molecular flexibility index (Phi) is 6.47. The molecular weight excluding hydrogens is 340 g/mol. The molecule has 1 fully saturated rings. The molecule has 0 aliphatic carbocycles. The molecular formula is C22H26N2O3. The lowest BCUT2D eigenvalue weighted by molar-refractivity contribution is -0.139. The number of carbonyl (C=O) groups is 2. The Balaban J connectivity index is 1.41. The van der Waals surface area contributed by atoms with Gasteiger partial charge in [-0.05, 0) is 30.2 Å². The number of hydrogen-bond acceptors (Lipinski definition) is 3. The summed E-state index contributed by atoms with van der Waals surface area (Å²) in [6.07, 6.45) is 0.775. The van der Waals surface area contributed by atoms with Crippen LogP contribution in [0.1, 0.15) is 17.5 Å². The molecule has 0 radical (unpaired) electrons. The van der Waals surface area contributed by atoms with Crippen molar-refractivity contribution in [3.8, 4) is 5.75 Å². The van der Waals surface area contributed by atoms with Gasteiger partial charge in [0.2, 0.25) is 11.8 Å². The second-order valence-electron chi connectivity index (χ2n) is 6.78. The highest BCUT2D eigenvalue weighted by atomic mass is 16.5. The number of nitrogens with zero attached hydrogens (tertiary/aromatic N) is 2. The van der Waals surface area contributed by atoms with E-state index in [1.54, 1.807) is 0 Å². The highest BCUT2D eigenvalue weighted by Crippen LogP contribution is 2.12. The Labute approximate surface area is 160 Å². The van der Waals surface area contributed by atoms with Crippen molar-refractivity contribution in [2.45, 2.75) is 19.8 Å². The summed E-state index contributed by atoms with van der Waals surface area (Å²) in [5.41, 5.74) is 2.21. The Morgan fingerprint density at radius 2 is 1.44 bits per heavy atom. The van der Waals surface area contributed by atoms with Crippen LogP contribution in [0.3, 0.4) is 0 Å². The van der Waals surface area contributed by atoms with Crippen molar-refractivity contribution in [1.29, 1.82) is 0 Å². The van der Waals surface area contributed by atoms with Gasteiger partial charge < -0.3 is 14.5 Å². The maximum Gasteiger partial charge on any atom is 0.227 e. The van der Waals surface area contributed by atoms with Crippen LogP contribution in [0.4, 0.5) is 0 Å². The predicted molar refractivity (Wildman–Crippen MR) is 105 cm³/mol. The summed E-state index contributed by atoms with van der Waals surface area (Å²) in [6.45, 7) is 4.76. The number of aryl methyl sites for hydroxylation is 1. The highest BCUT2D eigenvalue weighted by Gasteiger charge is 2.24. The second-order valence-corrected chi connectivity index (χ2v) is 6.78. The first-order valence-corrected chi connectivity index (χ1v) is 9.41. The number of rotatable bonds is 6. The zero-order valence-electron chi connectivity index (χ0n) is 15.8. The zero-order chi connectivity index (χ0) is 19.1. The Morgan fingerprint density at radius 1 is 0.852 bits per heavy atom. The third-order valence-electron chi connectivity index (χ3n) is 4.92. The molecule has 1 saturated heterocycles. The first-order valence-electron chi connectivity index (χ1n) is 9.41. The Morgan fingerprint density at radius 3 is 2.11 bits per heavy atom. The zero-order valence-corrected chi connectivity index (χ0v) is 15.8. The molecule has 0 atom stereocenters. The van der Waals surface area contributed by atoms with Gasteiger partial charge in [0.05, 0.1) is 19.4 Å². The molecule has 3 rings (SSSR count). The van der Waals surface area contributed by atoms with Crippen LogP contribution in [0, 0.1) is 6.92 Å². The highest BCUT2D eigenvalue weighted by molar-refractivity contribution is 5.80. The lowest BCUT2D eigenvalue weighted by atomic mass is 10.1. The topological polar surface area (TPSA) is 49.9 Å². The molecule has 1 aliphatic rings. The fraction of sp³-hybridized carbons (Fsp3) is 0.364. The monoisotopic (exact) mass is 366 g/mol. The molecule has 5 heteroatoms. The van der Waals surface area contributed by atoms with Gasteiger partial charge in [-0.2, -0.15) is 0 Å². The van der Waals surface area contributed by atoms with Gasteiger partial charge in [0.25, 0.3) is 0 Å². The number of para-hydroxylation sites is 1. The molecule has 0 spiro atoms. The van der Waals surface area contributed by atoms with E-state index in [0.717, 1.165) is 16.9 Å². The molecule has 1 aliphatic heterocycles. The maximum absolute atomic E-state index is 12.5. The summed E-state index contributed by atoms with van der Waals surface area (Å²) in [4.78, 5) is 28.6. The number of amides is 2. The van der Waals surface area contributed by atoms with Gasteiger partial charge in [-0.3, -0.25) is 9.59 Å². The quantitative estimate of drug-likeness (QED) is 0.790. The molecule has 0 N–H and O–H groups in total. The van der Waals surface area contributed by atoms with Gasteiger partial charge in [-0.1, -0.05) is 42.5 Å². The van der Waals surface area contributed by atoms with Crippen molar-refractivity contribution < 1.29 is 14.3 Å². The summed E-state index contributed by atoms with van der Waals surface area (Å²) < 4.78 is 5.59. The van der Waals surface area contributed by atoms with Crippen LogP contribution in [0.5, 0.6) is 5.75 Å². The van der Waals surface area contributed by atoms with Crippen molar-refractivity contribution in [1.82, 2.24) is 9.80 Å². The first-order chi connectivity index (χ1) is 13.1. The van der Waals surface area contributed by atoms with Crippen LogP contribution in [0.2, 0.25) is 0 Å². The molecule has 27 heavy (non-hydrogen) atoms. The van der Waals surface area contributed by atoms with Crippen LogP contribution in [-0.4, -0.2) is 54.4 Å². The number of hydrogen-bond donors (Lipinski definition) is 0. The molecule has 2 amide bonds. The van der Waals surface area contributed by atoms with Gasteiger partial charge in [-0.15, -0.1) is 0 Å². The second kappa shape index (κ2) is 9.21. The van der Waals surface area contributed by atoms with E-state index in [2.05, 4.69) is 0 Å². The van der Waals surface area contributed by atoms with E-state index in [4.69, 9.17) is 4.74 Å². The van der Waals surface area contributed by atoms with Gasteiger partial charge in [0, 0.05) is 26.2 Å². The molecule has 0 aromatic heterocycles. The van der Waals surface area contributed by atoms with E-state index < -0.39 is 0 Å². The molecule has 142 valence electrons. The van der Waals surface area contributed by atoms with Gasteiger partial charge in [-0.25, -0.2) is 0 Å². The van der Waals surface area contributed by atoms with Crippen molar-refractivity contribution in [3.05, 3.63) is 65.7 Å². The molecule has 0 saturated carbocycles. The minimum atomic E-state index is 0.0805. The normalized spacial score (nSPS) is 14.1. The van der Waals surface area contributed by atoms with Crippen LogP contribution in [0.25, 0.3) is 0 Å². The van der Waals surface area contributed by atoms with Crippen molar-refractivity contribution in [3.63, 3.8) is 0 Å². The molecule has 1 heterocycles. The fourth-order valence-corrected chi connectivity index (χ4v) is 3.22. The number of ether oxygens (including phenoxy) is 1. The summed E-state index contributed by atoms with van der Waals surface area (Å²) in [5.74, 6) is 0.984. The van der Waals surface area contributed by atoms with E-state index in [1.807, 2.05) is 71.3 Å². The Bertz CT molecular complexity index is 768. The van der Waals surface area contributed by atoms with Crippen molar-refractivity contribution >= 4 is 11.8 Å². The lowest BCUT2D eigenvalue weighted by Crippen LogP contribution is -2.51. The number of carbonyl (C=O) groups excluding carboxylic acids is 2. The average molecular weight is 366 g/mol. The standard InChI is InChI=1S/C22H26N2O3/c1-18-7-5-6-8-19(18)17-22(26)24-14-12-23(13-15-24)21(25)11-16-27-20-9-3-2-4-10-20/h2-10H,11-17H2,1H3. The first kappa shape index (κ1) is 19.0. The van der Waals surface area contributed by atoms with E-state index in [0.29, 0.717) is 45.6 Å². The van der Waals surface area contributed by atoms with E-state index >= 15 is 0 Å². The van der Waals surface area contributed by atoms with E-state index in [9.17, 15) is 9.59 Å². The molecule has 0 unspecified atom stereocenters. The largest absolute Gasteiger partial charge is 0.493 e. The molecule has 2 aromatic carbocycles. The minimum absolute atomic E-state index is 0.0805. The van der Waals surface area contributed by atoms with Gasteiger partial charge >= 0.3 is 0 Å². The predicted octanol–water partition coefficient (Wildman–Crippen LogP) is 2.68. The maximum atomic E-state index is 12.5. The van der Waals surface area contributed by atoms with E-state index in [1.165, 1.54) is 0 Å². The molecule has 0 bridgehead atoms. The summed E-state index contributed by atoms with van der Waals surface area (Å²) >= 11 is 0. The third kappa shape index (κ3) is 5.33.